The summed E-state index contributed by atoms with van der Waals surface area (Å²) in [5.41, 5.74) is 0. The molecule has 6 heteroatoms. The first-order valence-electron chi connectivity index (χ1n) is 7.99. The predicted molar refractivity (Wildman–Crippen MR) is 85.1 cm³/mol. The minimum absolute atomic E-state index is 0.386. The third-order valence-electron chi connectivity index (χ3n) is 4.62. The summed E-state index contributed by atoms with van der Waals surface area (Å²) >= 11 is 1.31. The van der Waals surface area contributed by atoms with E-state index >= 15 is 0 Å². The summed E-state index contributed by atoms with van der Waals surface area (Å²) in [6.07, 6.45) is 5.38. The normalized spacial score (nSPS) is 25.3. The highest BCUT2D eigenvalue weighted by Gasteiger charge is 2.33. The molecule has 1 aromatic rings. The van der Waals surface area contributed by atoms with E-state index in [2.05, 4.69) is 10.2 Å². The first-order chi connectivity index (χ1) is 10.7. The number of amides is 2. The van der Waals surface area contributed by atoms with Crippen molar-refractivity contribution in [3.8, 4) is 0 Å². The maximum atomic E-state index is 11.8. The molecule has 2 saturated heterocycles. The number of hydrogen-bond donors (Lipinski definition) is 1. The molecule has 2 aliphatic heterocycles. The predicted octanol–water partition coefficient (Wildman–Crippen LogP) is 2.88. The minimum atomic E-state index is -0.633. The summed E-state index contributed by atoms with van der Waals surface area (Å²) in [4.78, 5) is 26.6. The van der Waals surface area contributed by atoms with Gasteiger partial charge in [-0.15, -0.1) is 11.3 Å². The van der Waals surface area contributed by atoms with Gasteiger partial charge < -0.3 is 4.74 Å². The van der Waals surface area contributed by atoms with Crippen molar-refractivity contribution in [3.63, 3.8) is 0 Å². The molecule has 2 unspecified atom stereocenters. The number of imide groups is 1. The zero-order valence-corrected chi connectivity index (χ0v) is 13.4. The highest BCUT2D eigenvalue weighted by atomic mass is 32.1. The number of hydrogen-bond acceptors (Lipinski definition) is 5. The molecule has 1 aromatic heterocycles. The van der Waals surface area contributed by atoms with E-state index in [9.17, 15) is 9.59 Å². The van der Waals surface area contributed by atoms with Gasteiger partial charge in [-0.3, -0.25) is 15.0 Å². The zero-order valence-electron chi connectivity index (χ0n) is 12.6. The van der Waals surface area contributed by atoms with Crippen LogP contribution in [-0.4, -0.2) is 42.6 Å². The van der Waals surface area contributed by atoms with Crippen LogP contribution in [0.5, 0.6) is 0 Å². The molecule has 0 bridgehead atoms. The molecule has 0 aliphatic carbocycles. The summed E-state index contributed by atoms with van der Waals surface area (Å²) in [6.45, 7) is 2.75. The molecule has 2 atom stereocenters. The third kappa shape index (κ3) is 3.67. The van der Waals surface area contributed by atoms with Crippen LogP contribution >= 0.6 is 11.3 Å². The molecule has 3 heterocycles. The summed E-state index contributed by atoms with van der Waals surface area (Å²) in [5.74, 6) is 0.0135. The van der Waals surface area contributed by atoms with Gasteiger partial charge in [-0.1, -0.05) is 12.5 Å². The number of carbonyl (C=O) groups is 2. The Morgan fingerprint density at radius 2 is 2.14 bits per heavy atom. The molecular formula is C16H22N2O3S. The Balaban J connectivity index is 1.47. The molecule has 22 heavy (non-hydrogen) atoms. The third-order valence-corrected chi connectivity index (χ3v) is 5.49. The van der Waals surface area contributed by atoms with Gasteiger partial charge in [0.05, 0.1) is 11.5 Å². The van der Waals surface area contributed by atoms with E-state index in [1.165, 1.54) is 50.1 Å². The largest absolute Gasteiger partial charge is 0.449 e. The van der Waals surface area contributed by atoms with Crippen LogP contribution in [0.25, 0.3) is 0 Å². The first kappa shape index (κ1) is 15.5. The van der Waals surface area contributed by atoms with Gasteiger partial charge >= 0.3 is 6.09 Å². The van der Waals surface area contributed by atoms with Crippen molar-refractivity contribution in [2.45, 2.75) is 38.1 Å². The van der Waals surface area contributed by atoms with E-state index in [-0.39, 0.29) is 5.91 Å². The Kier molecular flexibility index (Phi) is 5.10. The van der Waals surface area contributed by atoms with Crippen molar-refractivity contribution in [1.29, 1.82) is 0 Å². The molecule has 0 aromatic carbocycles. The first-order valence-corrected chi connectivity index (χ1v) is 8.87. The summed E-state index contributed by atoms with van der Waals surface area (Å²) in [7, 11) is 0. The van der Waals surface area contributed by atoms with Crippen molar-refractivity contribution in [3.05, 3.63) is 22.4 Å². The van der Waals surface area contributed by atoms with Crippen molar-refractivity contribution >= 4 is 23.3 Å². The number of ether oxygens (including phenoxy) is 1. The van der Waals surface area contributed by atoms with Crippen molar-refractivity contribution in [1.82, 2.24) is 10.2 Å². The fourth-order valence-electron chi connectivity index (χ4n) is 3.55. The number of fused-ring (bicyclic) bond motifs is 1. The van der Waals surface area contributed by atoms with Crippen LogP contribution in [-0.2, 0) is 4.74 Å². The second-order valence-corrected chi connectivity index (χ2v) is 6.98. The fourth-order valence-corrected chi connectivity index (χ4v) is 4.17. The van der Waals surface area contributed by atoms with E-state index in [0.717, 1.165) is 6.42 Å². The van der Waals surface area contributed by atoms with Gasteiger partial charge in [0.2, 0.25) is 0 Å². The Morgan fingerprint density at radius 3 is 2.95 bits per heavy atom. The maximum absolute atomic E-state index is 11.8. The standard InChI is InChI=1S/C16H22N2O3S/c19-15(14-7-4-10-22-14)17-16(20)21-11-12-5-3-9-18-8-2-1-6-13(12)18/h4,7,10,12-13H,1-3,5-6,8-9,11H2,(H,17,19,20). The van der Waals surface area contributed by atoms with Crippen LogP contribution in [0.1, 0.15) is 41.8 Å². The number of rotatable bonds is 3. The quantitative estimate of drug-likeness (QED) is 0.929. The SMILES string of the molecule is O=C(NC(=O)c1cccs1)OCC1CCCN2CCCCC12. The Morgan fingerprint density at radius 1 is 1.27 bits per heavy atom. The average molecular weight is 322 g/mol. The van der Waals surface area contributed by atoms with Gasteiger partial charge in [-0.05, 0) is 50.2 Å². The minimum Gasteiger partial charge on any atom is -0.449 e. The summed E-state index contributed by atoms with van der Waals surface area (Å²) in [5, 5.41) is 4.10. The average Bonchev–Trinajstić information content (AvgIpc) is 3.07. The molecule has 0 radical (unpaired) electrons. The Hall–Kier alpha value is -1.40. The lowest BCUT2D eigenvalue weighted by Crippen LogP contribution is -2.49. The smallest absolute Gasteiger partial charge is 0.414 e. The lowest BCUT2D eigenvalue weighted by Gasteiger charge is -2.44. The molecule has 0 spiro atoms. The van der Waals surface area contributed by atoms with Crippen molar-refractivity contribution in [2.24, 2.45) is 5.92 Å². The molecule has 2 amide bonds. The molecule has 120 valence electrons. The van der Waals surface area contributed by atoms with Crippen LogP contribution in [0.15, 0.2) is 17.5 Å². The lowest BCUT2D eigenvalue weighted by molar-refractivity contribution is 0.0235. The maximum Gasteiger partial charge on any atom is 0.414 e. The molecular weight excluding hydrogens is 300 g/mol. The summed E-state index contributed by atoms with van der Waals surface area (Å²) < 4.78 is 5.31. The van der Waals surface area contributed by atoms with Crippen LogP contribution in [0, 0.1) is 5.92 Å². The summed E-state index contributed by atoms with van der Waals surface area (Å²) in [6, 6.07) is 4.02. The molecule has 0 saturated carbocycles. The van der Waals surface area contributed by atoms with Crippen molar-refractivity contribution < 1.29 is 14.3 Å². The molecule has 3 rings (SSSR count). The van der Waals surface area contributed by atoms with Gasteiger partial charge in [0.1, 0.15) is 0 Å². The number of carbonyl (C=O) groups excluding carboxylic acids is 2. The number of alkyl carbamates (subject to hydrolysis) is 1. The lowest BCUT2D eigenvalue weighted by atomic mass is 9.84. The Bertz CT molecular complexity index is 515. The monoisotopic (exact) mass is 322 g/mol. The Labute approximate surface area is 134 Å². The number of piperidine rings is 2. The second kappa shape index (κ2) is 7.24. The van der Waals surface area contributed by atoms with E-state index < -0.39 is 6.09 Å². The highest BCUT2D eigenvalue weighted by Crippen LogP contribution is 2.30. The van der Waals surface area contributed by atoms with Crippen LogP contribution < -0.4 is 5.32 Å². The van der Waals surface area contributed by atoms with Crippen LogP contribution in [0.2, 0.25) is 0 Å². The van der Waals surface area contributed by atoms with Gasteiger partial charge in [0.15, 0.2) is 0 Å². The molecule has 5 nitrogen and oxygen atoms in total. The number of thiophene rings is 1. The zero-order chi connectivity index (χ0) is 15.4. The molecule has 2 fully saturated rings. The number of nitrogens with zero attached hydrogens (tertiary/aromatic N) is 1. The van der Waals surface area contributed by atoms with Crippen molar-refractivity contribution in [2.75, 3.05) is 19.7 Å². The van der Waals surface area contributed by atoms with E-state index in [0.29, 0.717) is 23.4 Å². The van der Waals surface area contributed by atoms with Crippen LogP contribution in [0.3, 0.4) is 0 Å². The van der Waals surface area contributed by atoms with E-state index in [1.807, 2.05) is 0 Å². The second-order valence-electron chi connectivity index (χ2n) is 6.03. The molecule has 2 aliphatic rings. The van der Waals surface area contributed by atoms with Gasteiger partial charge in [-0.25, -0.2) is 4.79 Å². The van der Waals surface area contributed by atoms with Gasteiger partial charge in [-0.2, -0.15) is 0 Å². The van der Waals surface area contributed by atoms with Gasteiger partial charge in [0, 0.05) is 12.0 Å². The number of nitrogens with one attached hydrogen (secondary N) is 1. The van der Waals surface area contributed by atoms with E-state index in [4.69, 9.17) is 4.74 Å². The highest BCUT2D eigenvalue weighted by molar-refractivity contribution is 7.12. The fraction of sp³-hybridized carbons (Fsp3) is 0.625. The topological polar surface area (TPSA) is 58.6 Å². The van der Waals surface area contributed by atoms with Gasteiger partial charge in [0.25, 0.3) is 5.91 Å². The molecule has 1 N–H and O–H groups in total. The van der Waals surface area contributed by atoms with Crippen LogP contribution in [0.4, 0.5) is 4.79 Å². The van der Waals surface area contributed by atoms with E-state index in [1.54, 1.807) is 17.5 Å².